The maximum absolute atomic E-state index is 13.8. The van der Waals surface area contributed by atoms with Crippen molar-refractivity contribution in [1.82, 2.24) is 26.6 Å². The fourth-order valence-electron chi connectivity index (χ4n) is 6.44. The van der Waals surface area contributed by atoms with Crippen LogP contribution in [0, 0.1) is 29.6 Å². The van der Waals surface area contributed by atoms with E-state index in [-0.39, 0.29) is 42.6 Å². The predicted octanol–water partition coefficient (Wildman–Crippen LogP) is 2.81. The molecule has 0 radical (unpaired) electrons. The van der Waals surface area contributed by atoms with Crippen molar-refractivity contribution in [3.8, 4) is 0 Å². The van der Waals surface area contributed by atoms with Crippen molar-refractivity contribution >= 4 is 41.5 Å². The highest BCUT2D eigenvalue weighted by Gasteiger charge is 2.41. The Bertz CT molecular complexity index is 1280. The van der Waals surface area contributed by atoms with Crippen LogP contribution in [0.1, 0.15) is 118 Å². The summed E-state index contributed by atoms with van der Waals surface area (Å²) in [7, 11) is 0. The van der Waals surface area contributed by atoms with Crippen LogP contribution in [0.2, 0.25) is 0 Å². The molecule has 286 valence electrons. The Kier molecular flexibility index (Phi) is 14.3. The molecule has 2 unspecified atom stereocenters. The van der Waals surface area contributed by atoms with Crippen molar-refractivity contribution in [2.75, 3.05) is 13.2 Å². The Morgan fingerprint density at radius 2 is 1.24 bits per heavy atom. The van der Waals surface area contributed by atoms with E-state index in [1.165, 1.54) is 0 Å². The van der Waals surface area contributed by atoms with E-state index in [1.54, 1.807) is 20.8 Å². The lowest BCUT2D eigenvalue weighted by Gasteiger charge is -2.31. The first kappa shape index (κ1) is 40.1. The molecule has 0 aromatic rings. The van der Waals surface area contributed by atoms with Gasteiger partial charge >= 0.3 is 12.1 Å². The molecule has 4 atom stereocenters. The average molecular weight is 718 g/mol. The highest BCUT2D eigenvalue weighted by atomic mass is 16.6. The minimum atomic E-state index is -1.15. The number of carbonyl (C=O) groups excluding carboxylic acids is 7. The van der Waals surface area contributed by atoms with Gasteiger partial charge in [-0.3, -0.25) is 24.0 Å². The second-order valence-corrected chi connectivity index (χ2v) is 16.5. The molecule has 0 saturated heterocycles. The summed E-state index contributed by atoms with van der Waals surface area (Å²) in [5, 5.41) is 13.3. The topological polar surface area (TPSA) is 198 Å². The lowest BCUT2D eigenvalue weighted by atomic mass is 9.83. The summed E-state index contributed by atoms with van der Waals surface area (Å²) >= 11 is 0. The third-order valence-electron chi connectivity index (χ3n) is 9.73. The zero-order chi connectivity index (χ0) is 37.3. The van der Waals surface area contributed by atoms with E-state index in [0.717, 1.165) is 70.6 Å². The lowest BCUT2D eigenvalue weighted by Crippen LogP contribution is -2.58. The van der Waals surface area contributed by atoms with Gasteiger partial charge in [0.1, 0.15) is 23.7 Å². The van der Waals surface area contributed by atoms with Gasteiger partial charge in [0.2, 0.25) is 23.5 Å². The number of hydrogen-bond acceptors (Lipinski definition) is 9. The van der Waals surface area contributed by atoms with Crippen LogP contribution < -0.4 is 26.6 Å². The quantitative estimate of drug-likeness (QED) is 0.0986. The van der Waals surface area contributed by atoms with Gasteiger partial charge in [0.05, 0.1) is 19.2 Å². The zero-order valence-corrected chi connectivity index (χ0v) is 31.0. The van der Waals surface area contributed by atoms with Gasteiger partial charge in [-0.15, -0.1) is 0 Å². The number of alkyl carbamates (subject to hydrolysis) is 1. The largest absolute Gasteiger partial charge is 0.458 e. The highest BCUT2D eigenvalue weighted by molar-refractivity contribution is 6.38. The van der Waals surface area contributed by atoms with E-state index in [9.17, 15) is 33.6 Å². The van der Waals surface area contributed by atoms with Crippen molar-refractivity contribution in [3.63, 3.8) is 0 Å². The average Bonchev–Trinajstić information content (AvgIpc) is 3.90. The van der Waals surface area contributed by atoms with Crippen LogP contribution >= 0.6 is 0 Å². The molecule has 4 aliphatic carbocycles. The molecule has 0 aliphatic heterocycles. The van der Waals surface area contributed by atoms with Crippen LogP contribution in [-0.4, -0.2) is 84.4 Å². The summed E-state index contributed by atoms with van der Waals surface area (Å²) < 4.78 is 10.8. The SMILES string of the molecule is CC(C)COC(=O)N[C@H](C(=O)N[C@@H](CC1CC1)C(=O)NC(CC1CC1)C(=O)C(=O)NCC(=O)NC(C(=O)OC(C)(C)C)C1CC1)C1CCCCC1. The molecule has 5 amide bonds. The first-order chi connectivity index (χ1) is 24.1. The van der Waals surface area contributed by atoms with Crippen LogP contribution in [0.5, 0.6) is 0 Å². The Morgan fingerprint density at radius 3 is 1.78 bits per heavy atom. The Hall–Kier alpha value is -3.71. The van der Waals surface area contributed by atoms with Crippen molar-refractivity contribution in [2.24, 2.45) is 29.6 Å². The molecule has 0 bridgehead atoms. The Morgan fingerprint density at radius 1 is 0.667 bits per heavy atom. The molecule has 4 rings (SSSR count). The molecule has 51 heavy (non-hydrogen) atoms. The summed E-state index contributed by atoms with van der Waals surface area (Å²) in [5.74, 6) is -3.78. The van der Waals surface area contributed by atoms with E-state index >= 15 is 0 Å². The molecule has 5 N–H and O–H groups in total. The lowest BCUT2D eigenvalue weighted by molar-refractivity contribution is -0.159. The molecule has 0 heterocycles. The Labute approximate surface area is 301 Å². The highest BCUT2D eigenvalue weighted by Crippen LogP contribution is 2.36. The maximum atomic E-state index is 13.8. The van der Waals surface area contributed by atoms with Gasteiger partial charge < -0.3 is 36.1 Å². The second kappa shape index (κ2) is 18.2. The normalized spacial score (nSPS) is 20.2. The van der Waals surface area contributed by atoms with Gasteiger partial charge in [-0.1, -0.05) is 58.8 Å². The molecule has 14 heteroatoms. The number of hydrogen-bond donors (Lipinski definition) is 5. The summed E-state index contributed by atoms with van der Waals surface area (Å²) in [6.45, 7) is 8.72. The number of nitrogens with one attached hydrogen (secondary N) is 5. The number of amides is 5. The van der Waals surface area contributed by atoms with Gasteiger partial charge in [-0.25, -0.2) is 9.59 Å². The van der Waals surface area contributed by atoms with E-state index < -0.39 is 77.8 Å². The molecule has 0 aromatic heterocycles. The predicted molar refractivity (Wildman–Crippen MR) is 187 cm³/mol. The van der Waals surface area contributed by atoms with Crippen LogP contribution in [0.15, 0.2) is 0 Å². The number of esters is 1. The number of ketones is 1. The van der Waals surface area contributed by atoms with Crippen molar-refractivity contribution in [2.45, 2.75) is 148 Å². The van der Waals surface area contributed by atoms with Gasteiger partial charge in [-0.05, 0) is 88.9 Å². The third-order valence-corrected chi connectivity index (χ3v) is 9.73. The molecule has 0 spiro atoms. The summed E-state index contributed by atoms with van der Waals surface area (Å²) in [6, 6.07) is -3.84. The second-order valence-electron chi connectivity index (χ2n) is 16.5. The summed E-state index contributed by atoms with van der Waals surface area (Å²) in [5.41, 5.74) is -0.730. The minimum Gasteiger partial charge on any atom is -0.458 e. The van der Waals surface area contributed by atoms with Gasteiger partial charge in [0, 0.05) is 0 Å². The fraction of sp³-hybridized carbons (Fsp3) is 0.811. The monoisotopic (exact) mass is 717 g/mol. The molecular formula is C37H59N5O9. The number of rotatable bonds is 19. The van der Waals surface area contributed by atoms with Crippen LogP contribution in [-0.2, 0) is 38.2 Å². The van der Waals surface area contributed by atoms with Gasteiger partial charge in [0.15, 0.2) is 0 Å². The molecule has 14 nitrogen and oxygen atoms in total. The molecular weight excluding hydrogens is 658 g/mol. The molecule has 4 fully saturated rings. The Balaban J connectivity index is 1.37. The molecule has 4 saturated carbocycles. The first-order valence-electron chi connectivity index (χ1n) is 19.0. The fourth-order valence-corrected chi connectivity index (χ4v) is 6.44. The number of ether oxygens (including phenoxy) is 2. The van der Waals surface area contributed by atoms with Crippen LogP contribution in [0.4, 0.5) is 4.79 Å². The van der Waals surface area contributed by atoms with Crippen molar-refractivity contribution < 1.29 is 43.0 Å². The standard InChI is InChI=1S/C37H59N5O9/c1-21(2)20-50-36(49)42-29(24-9-7-6-8-10-24)33(46)40-27(18-23-13-14-23)32(45)39-26(17-22-11-12-22)31(44)34(47)38-19-28(43)41-30(25-15-16-25)35(48)51-37(3,4)5/h21-27,29-30H,6-20H2,1-5H3,(H,38,47)(H,39,45)(H,40,46)(H,41,43)(H,42,49)/t26?,27-,29-,30?/m0/s1. The van der Waals surface area contributed by atoms with Crippen molar-refractivity contribution in [1.29, 1.82) is 0 Å². The van der Waals surface area contributed by atoms with Crippen LogP contribution in [0.3, 0.4) is 0 Å². The zero-order valence-electron chi connectivity index (χ0n) is 31.0. The van der Waals surface area contributed by atoms with E-state index in [4.69, 9.17) is 9.47 Å². The third kappa shape index (κ3) is 14.1. The molecule has 4 aliphatic rings. The molecule has 0 aromatic carbocycles. The summed E-state index contributed by atoms with van der Waals surface area (Å²) in [4.78, 5) is 92.0. The van der Waals surface area contributed by atoms with E-state index in [0.29, 0.717) is 6.42 Å². The van der Waals surface area contributed by atoms with Crippen LogP contribution in [0.25, 0.3) is 0 Å². The minimum absolute atomic E-state index is 0.0456. The number of carbonyl (C=O) groups is 7. The maximum Gasteiger partial charge on any atom is 0.407 e. The van der Waals surface area contributed by atoms with Crippen molar-refractivity contribution in [3.05, 3.63) is 0 Å². The van der Waals surface area contributed by atoms with E-state index in [1.807, 2.05) is 13.8 Å². The van der Waals surface area contributed by atoms with Gasteiger partial charge in [0.25, 0.3) is 5.91 Å². The van der Waals surface area contributed by atoms with E-state index in [2.05, 4.69) is 26.6 Å². The smallest absolute Gasteiger partial charge is 0.407 e. The summed E-state index contributed by atoms with van der Waals surface area (Å²) in [6.07, 6.45) is 9.46. The first-order valence-corrected chi connectivity index (χ1v) is 19.0. The number of Topliss-reactive ketones (excluding diaryl/α,β-unsaturated/α-hetero) is 1. The van der Waals surface area contributed by atoms with Gasteiger partial charge in [-0.2, -0.15) is 0 Å².